The van der Waals surface area contributed by atoms with Crippen LogP contribution in [0.1, 0.15) is 0 Å². The number of ether oxygens (including phenoxy) is 1. The fourth-order valence-electron chi connectivity index (χ4n) is 1.00. The number of azo groups is 1. The molecule has 0 radical (unpaired) electrons. The molecule has 76 valence electrons. The normalized spacial score (nSPS) is 10.7. The summed E-state index contributed by atoms with van der Waals surface area (Å²) in [6, 6.07) is 7.24. The van der Waals surface area contributed by atoms with Crippen molar-refractivity contribution in [2.75, 3.05) is 7.11 Å². The molecule has 6 heteroatoms. The predicted molar refractivity (Wildman–Crippen MR) is 53.6 cm³/mol. The molecule has 0 spiro atoms. The number of rotatable bonds is 3. The smallest absolute Gasteiger partial charge is 0.264 e. The number of aromatic nitrogens is 3. The van der Waals surface area contributed by atoms with Crippen molar-refractivity contribution in [3.05, 3.63) is 30.6 Å². The molecule has 0 aliphatic rings. The third-order valence-electron chi connectivity index (χ3n) is 1.73. The van der Waals surface area contributed by atoms with E-state index in [1.807, 2.05) is 12.1 Å². The van der Waals surface area contributed by atoms with Crippen LogP contribution >= 0.6 is 0 Å². The number of aromatic amines is 1. The van der Waals surface area contributed by atoms with Gasteiger partial charge in [-0.3, -0.25) is 0 Å². The highest BCUT2D eigenvalue weighted by Crippen LogP contribution is 2.18. The molecule has 15 heavy (non-hydrogen) atoms. The van der Waals surface area contributed by atoms with E-state index in [2.05, 4.69) is 25.4 Å². The maximum absolute atomic E-state index is 5.02. The van der Waals surface area contributed by atoms with Gasteiger partial charge >= 0.3 is 0 Å². The fraction of sp³-hybridized carbons (Fsp3) is 0.111. The van der Waals surface area contributed by atoms with E-state index in [0.717, 1.165) is 11.4 Å². The molecule has 0 amide bonds. The number of H-pyrrole nitrogens is 1. The van der Waals surface area contributed by atoms with Gasteiger partial charge in [-0.2, -0.15) is 10.1 Å². The molecule has 1 aromatic heterocycles. The van der Waals surface area contributed by atoms with Crippen LogP contribution in [-0.2, 0) is 0 Å². The maximum Gasteiger partial charge on any atom is 0.264 e. The zero-order valence-corrected chi connectivity index (χ0v) is 8.08. The summed E-state index contributed by atoms with van der Waals surface area (Å²) in [5.41, 5.74) is 0.729. The monoisotopic (exact) mass is 203 g/mol. The van der Waals surface area contributed by atoms with E-state index in [-0.39, 0.29) is 0 Å². The third kappa shape index (κ3) is 2.37. The summed E-state index contributed by atoms with van der Waals surface area (Å²) >= 11 is 0. The van der Waals surface area contributed by atoms with Crippen LogP contribution in [0.4, 0.5) is 11.6 Å². The quantitative estimate of drug-likeness (QED) is 0.777. The van der Waals surface area contributed by atoms with Crippen LogP contribution in [0.15, 0.2) is 40.8 Å². The molecule has 2 aromatic rings. The summed E-state index contributed by atoms with van der Waals surface area (Å²) < 4.78 is 5.02. The Morgan fingerprint density at radius 1 is 1.20 bits per heavy atom. The number of hydrogen-bond donors (Lipinski definition) is 1. The second-order valence-electron chi connectivity index (χ2n) is 2.71. The van der Waals surface area contributed by atoms with Crippen molar-refractivity contribution in [2.45, 2.75) is 0 Å². The number of nitrogens with one attached hydrogen (secondary N) is 1. The Morgan fingerprint density at radius 2 is 2.00 bits per heavy atom. The molecule has 0 saturated carbocycles. The van der Waals surface area contributed by atoms with Gasteiger partial charge in [-0.05, 0) is 24.3 Å². The molecule has 0 aliphatic carbocycles. The van der Waals surface area contributed by atoms with Crippen LogP contribution in [-0.4, -0.2) is 22.3 Å². The van der Waals surface area contributed by atoms with Gasteiger partial charge in [-0.15, -0.1) is 10.2 Å². The zero-order chi connectivity index (χ0) is 10.5. The van der Waals surface area contributed by atoms with Gasteiger partial charge in [0.05, 0.1) is 12.8 Å². The first kappa shape index (κ1) is 9.32. The summed E-state index contributed by atoms with van der Waals surface area (Å²) in [5, 5.41) is 14.0. The van der Waals surface area contributed by atoms with Crippen molar-refractivity contribution >= 4 is 11.6 Å². The van der Waals surface area contributed by atoms with E-state index >= 15 is 0 Å². The van der Waals surface area contributed by atoms with Crippen molar-refractivity contribution in [3.8, 4) is 5.75 Å². The van der Waals surface area contributed by atoms with Crippen molar-refractivity contribution < 1.29 is 4.74 Å². The summed E-state index contributed by atoms with van der Waals surface area (Å²) in [6.45, 7) is 0. The van der Waals surface area contributed by atoms with Gasteiger partial charge in [0.15, 0.2) is 0 Å². The van der Waals surface area contributed by atoms with Crippen LogP contribution in [0, 0.1) is 0 Å². The van der Waals surface area contributed by atoms with Crippen molar-refractivity contribution in [1.82, 2.24) is 15.2 Å². The molecule has 0 aliphatic heterocycles. The average molecular weight is 203 g/mol. The Balaban J connectivity index is 2.11. The second-order valence-corrected chi connectivity index (χ2v) is 2.71. The molecule has 2 rings (SSSR count). The molecule has 0 fully saturated rings. The Labute approximate surface area is 86.0 Å². The van der Waals surface area contributed by atoms with Crippen LogP contribution in [0.25, 0.3) is 0 Å². The van der Waals surface area contributed by atoms with Gasteiger partial charge in [-0.1, -0.05) is 0 Å². The number of methoxy groups -OCH3 is 1. The summed E-state index contributed by atoms with van der Waals surface area (Å²) in [6.07, 6.45) is 1.38. The predicted octanol–water partition coefficient (Wildman–Crippen LogP) is 2.23. The molecule has 1 aromatic carbocycles. The molecule has 0 bridgehead atoms. The van der Waals surface area contributed by atoms with Gasteiger partial charge in [0, 0.05) is 0 Å². The van der Waals surface area contributed by atoms with Crippen LogP contribution in [0.3, 0.4) is 0 Å². The average Bonchev–Trinajstić information content (AvgIpc) is 2.80. The fourth-order valence-corrected chi connectivity index (χ4v) is 1.00. The summed E-state index contributed by atoms with van der Waals surface area (Å²) in [5.74, 6) is 1.17. The minimum Gasteiger partial charge on any atom is -0.497 e. The Hall–Kier alpha value is -2.24. The number of hydrogen-bond acceptors (Lipinski definition) is 5. The highest BCUT2D eigenvalue weighted by atomic mass is 16.5. The Kier molecular flexibility index (Phi) is 2.68. The van der Waals surface area contributed by atoms with E-state index in [9.17, 15) is 0 Å². The Morgan fingerprint density at radius 3 is 2.60 bits per heavy atom. The van der Waals surface area contributed by atoms with E-state index < -0.39 is 0 Å². The van der Waals surface area contributed by atoms with E-state index in [1.54, 1.807) is 19.2 Å². The number of benzene rings is 1. The lowest BCUT2D eigenvalue weighted by Gasteiger charge is -1.97. The first-order valence-corrected chi connectivity index (χ1v) is 4.29. The van der Waals surface area contributed by atoms with Gasteiger partial charge in [0.1, 0.15) is 12.1 Å². The summed E-state index contributed by atoms with van der Waals surface area (Å²) in [4.78, 5) is 3.81. The lowest BCUT2D eigenvalue weighted by atomic mass is 10.3. The largest absolute Gasteiger partial charge is 0.497 e. The standard InChI is InChI=1S/C9H9N5O/c1-15-8-4-2-7(3-5-8)12-14-9-10-6-11-13-9/h2-6H,1H3,(H,10,11,13). The molecule has 0 unspecified atom stereocenters. The van der Waals surface area contributed by atoms with E-state index in [1.165, 1.54) is 6.33 Å². The molecular weight excluding hydrogens is 194 g/mol. The van der Waals surface area contributed by atoms with Crippen LogP contribution in [0.5, 0.6) is 5.75 Å². The minimum atomic E-state index is 0.380. The highest BCUT2D eigenvalue weighted by Gasteiger charge is 1.93. The topological polar surface area (TPSA) is 75.5 Å². The lowest BCUT2D eigenvalue weighted by molar-refractivity contribution is 0.415. The number of nitrogens with zero attached hydrogens (tertiary/aromatic N) is 4. The van der Waals surface area contributed by atoms with Crippen molar-refractivity contribution in [2.24, 2.45) is 10.2 Å². The molecule has 6 nitrogen and oxygen atoms in total. The lowest BCUT2D eigenvalue weighted by Crippen LogP contribution is -1.79. The maximum atomic E-state index is 5.02. The van der Waals surface area contributed by atoms with Crippen LogP contribution in [0.2, 0.25) is 0 Å². The molecular formula is C9H9N5O. The molecule has 1 heterocycles. The van der Waals surface area contributed by atoms with Crippen LogP contribution < -0.4 is 4.74 Å². The molecule has 0 saturated heterocycles. The van der Waals surface area contributed by atoms with Gasteiger partial charge in [0.2, 0.25) is 0 Å². The van der Waals surface area contributed by atoms with Crippen molar-refractivity contribution in [3.63, 3.8) is 0 Å². The van der Waals surface area contributed by atoms with E-state index in [4.69, 9.17) is 4.74 Å². The zero-order valence-electron chi connectivity index (χ0n) is 8.08. The van der Waals surface area contributed by atoms with Gasteiger partial charge < -0.3 is 4.74 Å². The van der Waals surface area contributed by atoms with Gasteiger partial charge in [0.25, 0.3) is 5.95 Å². The Bertz CT molecular complexity index is 434. The first-order valence-electron chi connectivity index (χ1n) is 4.29. The van der Waals surface area contributed by atoms with Crippen molar-refractivity contribution in [1.29, 1.82) is 0 Å². The van der Waals surface area contributed by atoms with Gasteiger partial charge in [-0.25, -0.2) is 5.10 Å². The minimum absolute atomic E-state index is 0.380. The second kappa shape index (κ2) is 4.32. The first-order chi connectivity index (χ1) is 7.38. The summed E-state index contributed by atoms with van der Waals surface area (Å²) in [7, 11) is 1.62. The molecule has 1 N–H and O–H groups in total. The third-order valence-corrected chi connectivity index (χ3v) is 1.73. The van der Waals surface area contributed by atoms with E-state index in [0.29, 0.717) is 5.95 Å². The highest BCUT2D eigenvalue weighted by molar-refractivity contribution is 5.40. The SMILES string of the molecule is COc1ccc(N=Nc2ncn[nH]2)cc1. The molecule has 0 atom stereocenters.